The van der Waals surface area contributed by atoms with Gasteiger partial charge in [0.25, 0.3) is 0 Å². The molecule has 1 fully saturated rings. The lowest BCUT2D eigenvalue weighted by atomic mass is 9.89. The van der Waals surface area contributed by atoms with Crippen LogP contribution >= 0.6 is 0 Å². The van der Waals surface area contributed by atoms with Crippen LogP contribution in [0.1, 0.15) is 12.8 Å². The second kappa shape index (κ2) is 9.37. The molecule has 1 aliphatic heterocycles. The number of nitrogens with one attached hydrogen (secondary N) is 1. The summed E-state index contributed by atoms with van der Waals surface area (Å²) in [5.41, 5.74) is 2.31. The number of rotatable bonds is 6. The number of anilines is 1. The van der Waals surface area contributed by atoms with Crippen molar-refractivity contribution in [3.05, 3.63) is 36.7 Å². The molecule has 8 heteroatoms. The third-order valence-corrected chi connectivity index (χ3v) is 4.52. The highest BCUT2D eigenvalue weighted by Crippen LogP contribution is 2.21. The van der Waals surface area contributed by atoms with Gasteiger partial charge < -0.3 is 19.7 Å². The average molecular weight is 366 g/mol. The minimum atomic E-state index is -0.396. The Hall–Kier alpha value is -2.61. The molecular weight excluding hydrogens is 343 g/mol. The van der Waals surface area contributed by atoms with E-state index in [4.69, 9.17) is 22.3 Å². The monoisotopic (exact) mass is 366 g/mol. The van der Waals surface area contributed by atoms with E-state index in [9.17, 15) is 4.79 Å². The van der Waals surface area contributed by atoms with Gasteiger partial charge in [-0.1, -0.05) is 29.7 Å². The Balaban J connectivity index is 1.56. The summed E-state index contributed by atoms with van der Waals surface area (Å²) in [7, 11) is 7.62. The van der Waals surface area contributed by atoms with Crippen molar-refractivity contribution >= 4 is 25.2 Å². The molecule has 1 aliphatic rings. The van der Waals surface area contributed by atoms with E-state index >= 15 is 0 Å². The van der Waals surface area contributed by atoms with Crippen molar-refractivity contribution in [2.45, 2.75) is 18.9 Å². The number of methoxy groups -OCH3 is 1. The first-order valence-electron chi connectivity index (χ1n) is 9.01. The molecule has 2 radical (unpaired) electrons. The Morgan fingerprint density at radius 1 is 1.26 bits per heavy atom. The summed E-state index contributed by atoms with van der Waals surface area (Å²) in [6.07, 6.45) is 4.72. The Morgan fingerprint density at radius 2 is 2.04 bits per heavy atom. The van der Waals surface area contributed by atoms with Crippen molar-refractivity contribution in [3.8, 4) is 11.3 Å². The molecule has 0 bridgehead atoms. The number of nitrogens with zero attached hydrogens (tertiary/aromatic N) is 3. The number of benzene rings is 1. The number of carbonyl (C=O) groups excluding carboxylic acids is 1. The van der Waals surface area contributed by atoms with Gasteiger partial charge in [-0.15, -0.1) is 0 Å². The number of alkyl carbamates (subject to hydrolysis) is 1. The van der Waals surface area contributed by atoms with Crippen molar-refractivity contribution in [1.82, 2.24) is 15.3 Å². The van der Waals surface area contributed by atoms with Crippen molar-refractivity contribution in [1.29, 1.82) is 0 Å². The molecule has 0 atom stereocenters. The Kier molecular flexibility index (Phi) is 6.65. The van der Waals surface area contributed by atoms with Crippen LogP contribution in [-0.2, 0) is 9.47 Å². The van der Waals surface area contributed by atoms with Gasteiger partial charge in [0.05, 0.1) is 24.7 Å². The first-order chi connectivity index (χ1) is 13.2. The zero-order valence-electron chi connectivity index (χ0n) is 15.4. The van der Waals surface area contributed by atoms with Crippen LogP contribution in [0.5, 0.6) is 0 Å². The van der Waals surface area contributed by atoms with Crippen molar-refractivity contribution < 1.29 is 14.3 Å². The molecule has 0 unspecified atom stereocenters. The van der Waals surface area contributed by atoms with E-state index in [1.807, 2.05) is 24.3 Å². The second-order valence-electron chi connectivity index (χ2n) is 6.38. The van der Waals surface area contributed by atoms with E-state index in [1.165, 1.54) is 0 Å². The van der Waals surface area contributed by atoms with Gasteiger partial charge in [-0.3, -0.25) is 4.98 Å². The van der Waals surface area contributed by atoms with E-state index in [-0.39, 0.29) is 12.6 Å². The topological polar surface area (TPSA) is 76.6 Å². The lowest BCUT2D eigenvalue weighted by Gasteiger charge is -2.32. The summed E-state index contributed by atoms with van der Waals surface area (Å²) in [4.78, 5) is 23.0. The Morgan fingerprint density at radius 3 is 2.78 bits per heavy atom. The summed E-state index contributed by atoms with van der Waals surface area (Å²) in [6.45, 7) is 2.22. The molecular formula is C19H23BN4O3. The van der Waals surface area contributed by atoms with Gasteiger partial charge in [-0.25, -0.2) is 9.78 Å². The molecule has 1 N–H and O–H groups in total. The van der Waals surface area contributed by atoms with Crippen LogP contribution in [0, 0.1) is 0 Å². The largest absolute Gasteiger partial charge is 0.447 e. The summed E-state index contributed by atoms with van der Waals surface area (Å²) in [6, 6.07) is 7.72. The summed E-state index contributed by atoms with van der Waals surface area (Å²) < 4.78 is 9.91. The summed E-state index contributed by atoms with van der Waals surface area (Å²) in [5.74, 6) is 0.817. The van der Waals surface area contributed by atoms with E-state index in [0.717, 1.165) is 43.0 Å². The smallest absolute Gasteiger partial charge is 0.407 e. The fourth-order valence-electron chi connectivity index (χ4n) is 3.05. The van der Waals surface area contributed by atoms with E-state index in [1.54, 1.807) is 19.5 Å². The number of hydrogen-bond donors (Lipinski definition) is 1. The zero-order valence-corrected chi connectivity index (χ0v) is 15.4. The van der Waals surface area contributed by atoms with Crippen molar-refractivity contribution in [2.24, 2.45) is 0 Å². The quantitative estimate of drug-likeness (QED) is 0.613. The minimum absolute atomic E-state index is 0.0946. The van der Waals surface area contributed by atoms with Gasteiger partial charge in [0.2, 0.25) is 0 Å². The standard InChI is InChI=1S/C19H23BN4O3/c1-26-10-11-27-19(25)22-14-6-8-24(9-7-14)18-13-21-12-17(23-18)15-4-2-3-5-16(15)20/h2-5,12-14H,6-11H2,1H3,(H,22,25). The number of amides is 1. The number of carbonyl (C=O) groups is 1. The average Bonchev–Trinajstić information content (AvgIpc) is 2.69. The molecule has 0 aliphatic carbocycles. The van der Waals surface area contributed by atoms with Crippen LogP contribution in [0.25, 0.3) is 11.3 Å². The van der Waals surface area contributed by atoms with Crippen LogP contribution in [-0.4, -0.2) is 63.4 Å². The molecule has 0 saturated carbocycles. The molecule has 1 aromatic carbocycles. The number of ether oxygens (including phenoxy) is 2. The normalized spacial score (nSPS) is 14.8. The first kappa shape index (κ1) is 19.2. The lowest BCUT2D eigenvalue weighted by Crippen LogP contribution is -2.45. The van der Waals surface area contributed by atoms with Gasteiger partial charge in [0, 0.05) is 26.2 Å². The van der Waals surface area contributed by atoms with Gasteiger partial charge in [0.15, 0.2) is 0 Å². The van der Waals surface area contributed by atoms with E-state index in [2.05, 4.69) is 15.2 Å². The van der Waals surface area contributed by atoms with Crippen LogP contribution < -0.4 is 15.7 Å². The van der Waals surface area contributed by atoms with Crippen molar-refractivity contribution in [2.75, 3.05) is 38.3 Å². The maximum absolute atomic E-state index is 11.7. The van der Waals surface area contributed by atoms with E-state index in [0.29, 0.717) is 12.1 Å². The highest BCUT2D eigenvalue weighted by Gasteiger charge is 2.22. The van der Waals surface area contributed by atoms with Crippen LogP contribution in [0.4, 0.5) is 10.6 Å². The van der Waals surface area contributed by atoms with E-state index < -0.39 is 6.09 Å². The second-order valence-corrected chi connectivity index (χ2v) is 6.38. The molecule has 2 aromatic rings. The zero-order chi connectivity index (χ0) is 19.1. The predicted molar refractivity (Wildman–Crippen MR) is 104 cm³/mol. The molecule has 140 valence electrons. The maximum Gasteiger partial charge on any atom is 0.407 e. The number of aromatic nitrogens is 2. The molecule has 1 saturated heterocycles. The summed E-state index contributed by atoms with van der Waals surface area (Å²) in [5, 5.41) is 2.90. The molecule has 3 rings (SSSR count). The van der Waals surface area contributed by atoms with Crippen LogP contribution in [0.3, 0.4) is 0 Å². The summed E-state index contributed by atoms with van der Waals surface area (Å²) >= 11 is 0. The highest BCUT2D eigenvalue weighted by atomic mass is 16.6. The molecule has 0 spiro atoms. The Bertz CT molecular complexity index is 766. The lowest BCUT2D eigenvalue weighted by molar-refractivity contribution is 0.0956. The molecule has 2 heterocycles. The third-order valence-electron chi connectivity index (χ3n) is 4.52. The van der Waals surface area contributed by atoms with Crippen LogP contribution in [0.15, 0.2) is 36.7 Å². The SMILES string of the molecule is [B]c1ccccc1-c1cncc(N2CCC(NC(=O)OCCOC)CC2)n1. The molecule has 27 heavy (non-hydrogen) atoms. The van der Waals surface area contributed by atoms with Gasteiger partial charge in [0.1, 0.15) is 20.3 Å². The van der Waals surface area contributed by atoms with Crippen molar-refractivity contribution in [3.63, 3.8) is 0 Å². The molecule has 1 aromatic heterocycles. The number of hydrogen-bond acceptors (Lipinski definition) is 6. The molecule has 7 nitrogen and oxygen atoms in total. The predicted octanol–water partition coefficient (Wildman–Crippen LogP) is 1.28. The van der Waals surface area contributed by atoms with Gasteiger partial charge >= 0.3 is 6.09 Å². The fraction of sp³-hybridized carbons (Fsp3) is 0.421. The Labute approximate surface area is 160 Å². The van der Waals surface area contributed by atoms with Gasteiger partial charge in [-0.05, 0) is 18.4 Å². The maximum atomic E-state index is 11.7. The van der Waals surface area contributed by atoms with Gasteiger partial charge in [-0.2, -0.15) is 0 Å². The van der Waals surface area contributed by atoms with Crippen LogP contribution in [0.2, 0.25) is 0 Å². The fourth-order valence-corrected chi connectivity index (χ4v) is 3.05. The molecule has 1 amide bonds. The third kappa shape index (κ3) is 5.20. The first-order valence-corrected chi connectivity index (χ1v) is 9.01. The number of piperidine rings is 1. The highest BCUT2D eigenvalue weighted by molar-refractivity contribution is 6.35. The minimum Gasteiger partial charge on any atom is -0.447 e.